The lowest BCUT2D eigenvalue weighted by Gasteiger charge is -2.37. The van der Waals surface area contributed by atoms with E-state index in [-0.39, 0.29) is 5.56 Å². The normalized spacial score (nSPS) is 14.6. The number of rotatable bonds is 6. The Balaban J connectivity index is 1.48. The van der Waals surface area contributed by atoms with Crippen LogP contribution in [0, 0.1) is 13.8 Å². The maximum atomic E-state index is 12.6. The van der Waals surface area contributed by atoms with Gasteiger partial charge in [-0.2, -0.15) is 0 Å². The van der Waals surface area contributed by atoms with Gasteiger partial charge in [0.15, 0.2) is 0 Å². The summed E-state index contributed by atoms with van der Waals surface area (Å²) in [7, 11) is 0. The van der Waals surface area contributed by atoms with Crippen molar-refractivity contribution in [3.8, 4) is 11.1 Å². The topological polar surface area (TPSA) is 113 Å². The average molecular weight is 500 g/mol. The number of hydrogen-bond donors (Lipinski definition) is 2. The van der Waals surface area contributed by atoms with E-state index in [1.165, 1.54) is 0 Å². The van der Waals surface area contributed by atoms with Crippen molar-refractivity contribution in [1.29, 1.82) is 0 Å². The fraction of sp³-hybridized carbons (Fsp3) is 0.357. The SMILES string of the molecule is Cc1cc(C)c(Cn2cnc3c(C(N)=O)cc(-c4ccc(N5CCN(C(C)C)CC5)nc4)cc32)c(=O)[nH]1. The predicted octanol–water partition coefficient (Wildman–Crippen LogP) is 3.08. The van der Waals surface area contributed by atoms with Gasteiger partial charge in [-0.15, -0.1) is 0 Å². The van der Waals surface area contributed by atoms with Gasteiger partial charge in [-0.1, -0.05) is 0 Å². The second-order valence-electron chi connectivity index (χ2n) is 10.1. The number of aromatic amines is 1. The Hall–Kier alpha value is -3.98. The first-order valence-electron chi connectivity index (χ1n) is 12.6. The van der Waals surface area contributed by atoms with E-state index in [2.05, 4.69) is 33.6 Å². The summed E-state index contributed by atoms with van der Waals surface area (Å²) < 4.78 is 1.88. The number of imidazole rings is 1. The van der Waals surface area contributed by atoms with Gasteiger partial charge < -0.3 is 20.2 Å². The van der Waals surface area contributed by atoms with E-state index in [4.69, 9.17) is 10.7 Å². The first-order chi connectivity index (χ1) is 17.7. The van der Waals surface area contributed by atoms with Gasteiger partial charge in [-0.05, 0) is 69.2 Å². The van der Waals surface area contributed by atoms with Gasteiger partial charge in [0.05, 0.1) is 24.0 Å². The number of primary amides is 1. The van der Waals surface area contributed by atoms with Crippen LogP contribution in [-0.2, 0) is 6.54 Å². The number of nitrogens with zero attached hydrogens (tertiary/aromatic N) is 5. The van der Waals surface area contributed by atoms with Crippen molar-refractivity contribution < 1.29 is 4.79 Å². The molecule has 4 aromatic rings. The zero-order chi connectivity index (χ0) is 26.3. The third kappa shape index (κ3) is 4.86. The molecule has 0 radical (unpaired) electrons. The molecular weight excluding hydrogens is 466 g/mol. The Morgan fingerprint density at radius 2 is 1.81 bits per heavy atom. The molecule has 9 nitrogen and oxygen atoms in total. The largest absolute Gasteiger partial charge is 0.366 e. The van der Waals surface area contributed by atoms with Crippen LogP contribution in [0.1, 0.15) is 41.0 Å². The fourth-order valence-electron chi connectivity index (χ4n) is 5.10. The van der Waals surface area contributed by atoms with E-state index in [9.17, 15) is 9.59 Å². The summed E-state index contributed by atoms with van der Waals surface area (Å²) in [5.41, 5.74) is 11.3. The third-order valence-electron chi connectivity index (χ3n) is 7.26. The maximum absolute atomic E-state index is 12.6. The highest BCUT2D eigenvalue weighted by atomic mass is 16.1. The van der Waals surface area contributed by atoms with Crippen LogP contribution >= 0.6 is 0 Å². The molecule has 1 saturated heterocycles. The molecule has 3 N–H and O–H groups in total. The summed E-state index contributed by atoms with van der Waals surface area (Å²) in [6, 6.07) is 10.3. The molecule has 1 aromatic carbocycles. The number of fused-ring (bicyclic) bond motifs is 1. The van der Waals surface area contributed by atoms with E-state index in [0.717, 1.165) is 59.9 Å². The summed E-state index contributed by atoms with van der Waals surface area (Å²) in [5, 5.41) is 0. The molecule has 0 aliphatic carbocycles. The molecule has 192 valence electrons. The minimum atomic E-state index is -0.547. The predicted molar refractivity (Wildman–Crippen MR) is 146 cm³/mol. The molecule has 0 saturated carbocycles. The van der Waals surface area contributed by atoms with Gasteiger partial charge in [0.1, 0.15) is 11.3 Å². The van der Waals surface area contributed by atoms with E-state index >= 15 is 0 Å². The van der Waals surface area contributed by atoms with Gasteiger partial charge in [0.25, 0.3) is 11.5 Å². The van der Waals surface area contributed by atoms with E-state index in [1.54, 1.807) is 12.4 Å². The van der Waals surface area contributed by atoms with Crippen molar-refractivity contribution in [3.05, 3.63) is 75.6 Å². The smallest absolute Gasteiger partial charge is 0.253 e. The Labute approximate surface area is 215 Å². The van der Waals surface area contributed by atoms with E-state index < -0.39 is 5.91 Å². The van der Waals surface area contributed by atoms with Crippen LogP contribution in [0.2, 0.25) is 0 Å². The van der Waals surface area contributed by atoms with Crippen molar-refractivity contribution in [3.63, 3.8) is 0 Å². The van der Waals surface area contributed by atoms with Crippen molar-refractivity contribution in [1.82, 2.24) is 24.4 Å². The molecule has 0 bridgehead atoms. The first kappa shape index (κ1) is 24.7. The molecule has 9 heteroatoms. The lowest BCUT2D eigenvalue weighted by molar-refractivity contribution is 0.100. The standard InChI is InChI=1S/C28H33N7O2/c1-17(2)33-7-9-34(10-8-33)25-6-5-20(14-30-25)21-12-22(27(29)36)26-24(13-21)35(16-31-26)15-23-18(3)11-19(4)32-28(23)37/h5-6,11-14,16-17H,7-10,15H2,1-4H3,(H2,29,36)(H,32,37). The molecule has 1 fully saturated rings. The summed E-state index contributed by atoms with van der Waals surface area (Å²) in [6.07, 6.45) is 3.49. The number of aryl methyl sites for hydroxylation is 2. The summed E-state index contributed by atoms with van der Waals surface area (Å²) in [5.74, 6) is 0.400. The Morgan fingerprint density at radius 3 is 2.43 bits per heavy atom. The van der Waals surface area contributed by atoms with E-state index in [0.29, 0.717) is 29.2 Å². The number of piperazine rings is 1. The second kappa shape index (κ2) is 9.82. The summed E-state index contributed by atoms with van der Waals surface area (Å²) >= 11 is 0. The van der Waals surface area contributed by atoms with Gasteiger partial charge in [0.2, 0.25) is 0 Å². The van der Waals surface area contributed by atoms with Crippen LogP contribution in [0.15, 0.2) is 47.7 Å². The van der Waals surface area contributed by atoms with Crippen molar-refractivity contribution >= 4 is 22.8 Å². The molecule has 1 aliphatic rings. The number of aromatic nitrogens is 4. The Morgan fingerprint density at radius 1 is 1.05 bits per heavy atom. The highest BCUT2D eigenvalue weighted by Crippen LogP contribution is 2.29. The van der Waals surface area contributed by atoms with Gasteiger partial charge >= 0.3 is 0 Å². The molecule has 1 aliphatic heterocycles. The molecule has 1 amide bonds. The van der Waals surface area contributed by atoms with Crippen LogP contribution < -0.4 is 16.2 Å². The first-order valence-corrected chi connectivity index (χ1v) is 12.6. The van der Waals surface area contributed by atoms with Crippen LogP contribution in [0.3, 0.4) is 0 Å². The number of benzene rings is 1. The van der Waals surface area contributed by atoms with Crippen LogP contribution in [-0.4, -0.2) is 62.5 Å². The van der Waals surface area contributed by atoms with Crippen molar-refractivity contribution in [2.24, 2.45) is 5.73 Å². The number of hydrogen-bond acceptors (Lipinski definition) is 6. The fourth-order valence-corrected chi connectivity index (χ4v) is 5.10. The Kier molecular flexibility index (Phi) is 6.55. The second-order valence-corrected chi connectivity index (χ2v) is 10.1. The molecule has 0 spiro atoms. The lowest BCUT2D eigenvalue weighted by Crippen LogP contribution is -2.49. The molecule has 37 heavy (non-hydrogen) atoms. The number of H-pyrrole nitrogens is 1. The number of carbonyl (C=O) groups excluding carboxylic acids is 1. The monoisotopic (exact) mass is 499 g/mol. The maximum Gasteiger partial charge on any atom is 0.253 e. The number of nitrogens with one attached hydrogen (secondary N) is 1. The average Bonchev–Trinajstić information content (AvgIpc) is 3.28. The molecule has 0 unspecified atom stereocenters. The molecule has 5 rings (SSSR count). The molecule has 0 atom stereocenters. The molecule has 4 heterocycles. The summed E-state index contributed by atoms with van der Waals surface area (Å²) in [6.45, 7) is 12.5. The minimum Gasteiger partial charge on any atom is -0.366 e. The number of pyridine rings is 2. The van der Waals surface area contributed by atoms with Crippen molar-refractivity contribution in [2.45, 2.75) is 40.3 Å². The zero-order valence-corrected chi connectivity index (χ0v) is 21.8. The quantitative estimate of drug-likeness (QED) is 0.422. The molecule has 3 aromatic heterocycles. The van der Waals surface area contributed by atoms with Crippen LogP contribution in [0.4, 0.5) is 5.82 Å². The van der Waals surface area contributed by atoms with Crippen LogP contribution in [0.25, 0.3) is 22.2 Å². The highest BCUT2D eigenvalue weighted by Gasteiger charge is 2.20. The number of carbonyl (C=O) groups is 1. The summed E-state index contributed by atoms with van der Waals surface area (Å²) in [4.78, 5) is 41.8. The number of nitrogens with two attached hydrogens (primary N) is 1. The third-order valence-corrected chi connectivity index (χ3v) is 7.26. The van der Waals surface area contributed by atoms with E-state index in [1.807, 2.05) is 48.9 Å². The lowest BCUT2D eigenvalue weighted by atomic mass is 10.0. The number of amides is 1. The minimum absolute atomic E-state index is 0.125. The molecular formula is C28H33N7O2. The van der Waals surface area contributed by atoms with Gasteiger partial charge in [0, 0.05) is 55.2 Å². The van der Waals surface area contributed by atoms with Gasteiger partial charge in [-0.3, -0.25) is 14.5 Å². The van der Waals surface area contributed by atoms with Crippen molar-refractivity contribution in [2.75, 3.05) is 31.1 Å². The van der Waals surface area contributed by atoms with Gasteiger partial charge in [-0.25, -0.2) is 9.97 Å². The number of anilines is 1. The highest BCUT2D eigenvalue weighted by molar-refractivity contribution is 6.06. The zero-order valence-electron chi connectivity index (χ0n) is 21.8. The Bertz CT molecular complexity index is 1510. The van der Waals surface area contributed by atoms with Crippen LogP contribution in [0.5, 0.6) is 0 Å².